The molecular weight excluding hydrogens is 266 g/mol. The molecule has 0 unspecified atom stereocenters. The zero-order valence-corrected chi connectivity index (χ0v) is 9.48. The number of aromatic nitrogens is 3. The second kappa shape index (κ2) is 4.23. The van der Waals surface area contributed by atoms with E-state index in [1.165, 1.54) is 17.5 Å². The summed E-state index contributed by atoms with van der Waals surface area (Å²) in [5.41, 5.74) is 0. The molecule has 0 radical (unpaired) electrons. The van der Waals surface area contributed by atoms with Gasteiger partial charge in [0.15, 0.2) is 0 Å². The first-order chi connectivity index (χ1) is 7.16. The maximum absolute atomic E-state index is 10.4. The third-order valence-electron chi connectivity index (χ3n) is 2.11. The molecule has 1 aromatic heterocycles. The van der Waals surface area contributed by atoms with Crippen LogP contribution in [0.4, 0.5) is 5.95 Å². The molecule has 0 saturated heterocycles. The van der Waals surface area contributed by atoms with Crippen LogP contribution in [0.15, 0.2) is 4.73 Å². The van der Waals surface area contributed by atoms with Gasteiger partial charge in [-0.25, -0.2) is 0 Å². The van der Waals surface area contributed by atoms with E-state index in [4.69, 9.17) is 0 Å². The molecule has 0 aromatic carbocycles. The topological polar surface area (TPSA) is 85.9 Å². The fraction of sp³-hybridized carbons (Fsp3) is 0.714. The van der Waals surface area contributed by atoms with E-state index in [9.17, 15) is 10.1 Å². The Labute approximate surface area is 94.1 Å². The van der Waals surface area contributed by atoms with Crippen molar-refractivity contribution < 1.29 is 4.92 Å². The minimum atomic E-state index is -0.602. The average molecular weight is 276 g/mol. The number of nitrogens with zero attached hydrogens (tertiary/aromatic N) is 4. The van der Waals surface area contributed by atoms with E-state index in [2.05, 4.69) is 31.3 Å². The highest BCUT2D eigenvalue weighted by Crippen LogP contribution is 2.18. The Morgan fingerprint density at radius 2 is 2.40 bits per heavy atom. The average Bonchev–Trinajstić information content (AvgIpc) is 2.91. The molecule has 1 aliphatic rings. The van der Waals surface area contributed by atoms with Crippen LogP contribution in [-0.4, -0.2) is 32.3 Å². The van der Waals surface area contributed by atoms with Crippen molar-refractivity contribution in [1.29, 1.82) is 0 Å². The van der Waals surface area contributed by atoms with Crippen LogP contribution in [0.3, 0.4) is 0 Å². The van der Waals surface area contributed by atoms with Gasteiger partial charge in [0.25, 0.3) is 4.73 Å². The van der Waals surface area contributed by atoms with Gasteiger partial charge in [-0.2, -0.15) is 4.68 Å². The summed E-state index contributed by atoms with van der Waals surface area (Å²) in [6, 6.07) is 0.627. The number of nitrogens with one attached hydrogen (secondary N) is 1. The molecule has 0 aliphatic heterocycles. The molecule has 15 heavy (non-hydrogen) atoms. The summed E-state index contributed by atoms with van der Waals surface area (Å²) in [5.74, 6) is -0.367. The molecule has 1 heterocycles. The molecule has 1 aromatic rings. The zero-order valence-electron chi connectivity index (χ0n) is 7.89. The summed E-state index contributed by atoms with van der Waals surface area (Å²) in [6.45, 7) is 1.34. The number of rotatable bonds is 5. The fourth-order valence-corrected chi connectivity index (χ4v) is 1.61. The van der Waals surface area contributed by atoms with Crippen molar-refractivity contribution in [1.82, 2.24) is 20.1 Å². The smallest absolute Gasteiger partial charge is 0.390 e. The highest BCUT2D eigenvalue weighted by molar-refractivity contribution is 9.10. The lowest BCUT2D eigenvalue weighted by molar-refractivity contribution is -0.394. The largest absolute Gasteiger partial charge is 0.492 e. The van der Waals surface area contributed by atoms with Gasteiger partial charge in [-0.15, -0.1) is 0 Å². The van der Waals surface area contributed by atoms with E-state index in [1.807, 2.05) is 0 Å². The Hall–Kier alpha value is -1.02. The molecule has 1 aliphatic carbocycles. The summed E-state index contributed by atoms with van der Waals surface area (Å²) >= 11 is 3.13. The van der Waals surface area contributed by atoms with Crippen molar-refractivity contribution >= 4 is 21.9 Å². The predicted molar refractivity (Wildman–Crippen MR) is 55.4 cm³/mol. The maximum atomic E-state index is 10.4. The van der Waals surface area contributed by atoms with Crippen LogP contribution < -0.4 is 5.32 Å². The number of hydrogen-bond donors (Lipinski definition) is 1. The lowest BCUT2D eigenvalue weighted by Crippen LogP contribution is -2.22. The lowest BCUT2D eigenvalue weighted by Gasteiger charge is -1.99. The van der Waals surface area contributed by atoms with Gasteiger partial charge in [0, 0.05) is 33.6 Å². The van der Waals surface area contributed by atoms with E-state index in [-0.39, 0.29) is 5.95 Å². The Bertz CT molecular complexity index is 375. The third kappa shape index (κ3) is 2.72. The Balaban J connectivity index is 1.91. The molecule has 2 rings (SSSR count). The number of halogens is 1. The molecule has 7 nitrogen and oxygen atoms in total. The number of hydrogen-bond acceptors (Lipinski definition) is 5. The van der Waals surface area contributed by atoms with E-state index in [0.29, 0.717) is 17.3 Å². The Kier molecular flexibility index (Phi) is 2.96. The van der Waals surface area contributed by atoms with Gasteiger partial charge in [-0.05, 0) is 22.7 Å². The predicted octanol–water partition coefficient (Wildman–Crippen LogP) is 0.701. The standard InChI is InChI=1S/C7H10BrN5O2/c8-6-10-7(13(14)15)11-12(6)4-3-9-5-1-2-5/h5,9H,1-4H2. The maximum Gasteiger partial charge on any atom is 0.492 e. The summed E-state index contributed by atoms with van der Waals surface area (Å²) < 4.78 is 1.87. The molecule has 1 fully saturated rings. The molecule has 0 spiro atoms. The molecular formula is C7H10BrN5O2. The lowest BCUT2D eigenvalue weighted by atomic mass is 10.6. The first kappa shape index (κ1) is 10.5. The van der Waals surface area contributed by atoms with E-state index in [1.54, 1.807) is 0 Å². The van der Waals surface area contributed by atoms with Crippen molar-refractivity contribution in [3.63, 3.8) is 0 Å². The molecule has 82 valence electrons. The highest BCUT2D eigenvalue weighted by atomic mass is 79.9. The van der Waals surface area contributed by atoms with Gasteiger partial charge in [0.1, 0.15) is 0 Å². The summed E-state index contributed by atoms with van der Waals surface area (Å²) in [7, 11) is 0. The van der Waals surface area contributed by atoms with Crippen molar-refractivity contribution in [3.8, 4) is 0 Å². The molecule has 8 heteroatoms. The van der Waals surface area contributed by atoms with Gasteiger partial charge >= 0.3 is 5.95 Å². The van der Waals surface area contributed by atoms with Gasteiger partial charge < -0.3 is 15.4 Å². The first-order valence-corrected chi connectivity index (χ1v) is 5.44. The summed E-state index contributed by atoms with van der Waals surface area (Å²) in [6.07, 6.45) is 2.44. The van der Waals surface area contributed by atoms with Gasteiger partial charge in [-0.3, -0.25) is 0 Å². The summed E-state index contributed by atoms with van der Waals surface area (Å²) in [4.78, 5) is 13.5. The van der Waals surface area contributed by atoms with E-state index in [0.717, 1.165) is 6.54 Å². The van der Waals surface area contributed by atoms with Crippen LogP contribution >= 0.6 is 15.9 Å². The number of nitro groups is 1. The highest BCUT2D eigenvalue weighted by Gasteiger charge is 2.22. The summed E-state index contributed by atoms with van der Waals surface area (Å²) in [5, 5.41) is 17.4. The molecule has 0 bridgehead atoms. The van der Waals surface area contributed by atoms with Crippen LogP contribution in [0.1, 0.15) is 12.8 Å². The minimum Gasteiger partial charge on any atom is -0.390 e. The van der Waals surface area contributed by atoms with Crippen LogP contribution in [0, 0.1) is 10.1 Å². The minimum absolute atomic E-state index is 0.367. The normalized spacial score (nSPS) is 15.5. The Morgan fingerprint density at radius 1 is 1.67 bits per heavy atom. The SMILES string of the molecule is O=[N+]([O-])c1nc(Br)n(CCNC2CC2)n1. The van der Waals surface area contributed by atoms with Gasteiger partial charge in [-0.1, -0.05) is 0 Å². The van der Waals surface area contributed by atoms with Crippen LogP contribution in [0.2, 0.25) is 0 Å². The molecule has 0 amide bonds. The van der Waals surface area contributed by atoms with E-state index >= 15 is 0 Å². The van der Waals surface area contributed by atoms with E-state index < -0.39 is 4.92 Å². The van der Waals surface area contributed by atoms with Gasteiger partial charge in [0.2, 0.25) is 0 Å². The molecule has 1 saturated carbocycles. The second-order valence-electron chi connectivity index (χ2n) is 3.39. The third-order valence-corrected chi connectivity index (χ3v) is 2.70. The molecule has 0 atom stereocenters. The Morgan fingerprint density at radius 3 is 2.93 bits per heavy atom. The van der Waals surface area contributed by atoms with Crippen LogP contribution in [0.25, 0.3) is 0 Å². The zero-order chi connectivity index (χ0) is 10.8. The van der Waals surface area contributed by atoms with Crippen LogP contribution in [0.5, 0.6) is 0 Å². The van der Waals surface area contributed by atoms with Crippen molar-refractivity contribution in [2.45, 2.75) is 25.4 Å². The quantitative estimate of drug-likeness (QED) is 0.632. The molecule has 1 N–H and O–H groups in total. The van der Waals surface area contributed by atoms with Crippen molar-refractivity contribution in [2.24, 2.45) is 0 Å². The van der Waals surface area contributed by atoms with Crippen molar-refractivity contribution in [2.75, 3.05) is 6.54 Å². The fourth-order valence-electron chi connectivity index (χ4n) is 1.19. The first-order valence-electron chi connectivity index (χ1n) is 4.65. The second-order valence-corrected chi connectivity index (χ2v) is 4.10. The van der Waals surface area contributed by atoms with Crippen LogP contribution in [-0.2, 0) is 6.54 Å². The van der Waals surface area contributed by atoms with Crippen molar-refractivity contribution in [3.05, 3.63) is 14.8 Å². The monoisotopic (exact) mass is 275 g/mol. The van der Waals surface area contributed by atoms with Gasteiger partial charge in [0.05, 0.1) is 6.54 Å².